The van der Waals surface area contributed by atoms with Crippen molar-refractivity contribution in [1.82, 2.24) is 0 Å². The van der Waals surface area contributed by atoms with E-state index in [-0.39, 0.29) is 5.02 Å². The molecule has 0 bridgehead atoms. The fourth-order valence-electron chi connectivity index (χ4n) is 1.53. The molecule has 0 aliphatic rings. The van der Waals surface area contributed by atoms with Gasteiger partial charge in [-0.3, -0.25) is 0 Å². The van der Waals surface area contributed by atoms with E-state index in [0.717, 1.165) is 6.07 Å². The minimum atomic E-state index is -4.46. The summed E-state index contributed by atoms with van der Waals surface area (Å²) in [7, 11) is 1.41. The van der Waals surface area contributed by atoms with Crippen molar-refractivity contribution in [2.45, 2.75) is 32.4 Å². The second kappa shape index (κ2) is 4.41. The minimum absolute atomic E-state index is 0.345. The second-order valence-corrected chi connectivity index (χ2v) is 5.19. The summed E-state index contributed by atoms with van der Waals surface area (Å²) >= 11 is 5.61. The first-order valence-electron chi connectivity index (χ1n) is 5.02. The van der Waals surface area contributed by atoms with E-state index in [2.05, 4.69) is 0 Å². The highest BCUT2D eigenvalue weighted by Gasteiger charge is 2.35. The van der Waals surface area contributed by atoms with Crippen molar-refractivity contribution >= 4 is 11.6 Å². The van der Waals surface area contributed by atoms with Crippen LogP contribution in [0.3, 0.4) is 0 Å². The Morgan fingerprint density at radius 2 is 1.59 bits per heavy atom. The van der Waals surface area contributed by atoms with Crippen LogP contribution in [0.25, 0.3) is 0 Å². The fraction of sp³-hybridized carbons (Fsp3) is 0.500. The lowest BCUT2D eigenvalue weighted by Gasteiger charge is -2.24. The first-order valence-corrected chi connectivity index (χ1v) is 5.40. The molecule has 0 saturated carbocycles. The molecule has 0 aliphatic heterocycles. The van der Waals surface area contributed by atoms with Gasteiger partial charge in [-0.15, -0.1) is 0 Å². The van der Waals surface area contributed by atoms with Crippen molar-refractivity contribution in [3.63, 3.8) is 0 Å². The van der Waals surface area contributed by atoms with Crippen LogP contribution in [0.4, 0.5) is 13.2 Å². The van der Waals surface area contributed by atoms with E-state index in [1.165, 1.54) is 13.2 Å². The van der Waals surface area contributed by atoms with Crippen molar-refractivity contribution < 1.29 is 17.9 Å². The molecule has 0 saturated heterocycles. The molecule has 0 amide bonds. The fourth-order valence-corrected chi connectivity index (χ4v) is 1.79. The highest BCUT2D eigenvalue weighted by atomic mass is 35.5. The Kier molecular flexibility index (Phi) is 3.67. The zero-order valence-corrected chi connectivity index (χ0v) is 10.8. The predicted molar refractivity (Wildman–Crippen MR) is 61.7 cm³/mol. The van der Waals surface area contributed by atoms with Crippen molar-refractivity contribution in [2.75, 3.05) is 7.11 Å². The zero-order chi connectivity index (χ0) is 13.4. The standard InChI is InChI=1S/C12H14ClF3O/c1-11(2,3)8-5-7(12(14,15)16)9(13)6-10(8)17-4/h5-6H,1-4H3. The Hall–Kier alpha value is -0.900. The topological polar surface area (TPSA) is 9.23 Å². The Morgan fingerprint density at radius 3 is 1.94 bits per heavy atom. The lowest BCUT2D eigenvalue weighted by molar-refractivity contribution is -0.137. The first-order chi connectivity index (χ1) is 7.57. The summed E-state index contributed by atoms with van der Waals surface area (Å²) < 4.78 is 43.3. The zero-order valence-electron chi connectivity index (χ0n) is 10.1. The van der Waals surface area contributed by atoms with Crippen LogP contribution < -0.4 is 4.74 Å². The Bertz CT molecular complexity index is 419. The highest BCUT2D eigenvalue weighted by molar-refractivity contribution is 6.31. The van der Waals surface area contributed by atoms with Gasteiger partial charge in [0.05, 0.1) is 17.7 Å². The lowest BCUT2D eigenvalue weighted by atomic mass is 9.85. The van der Waals surface area contributed by atoms with Crippen LogP contribution in [-0.4, -0.2) is 7.11 Å². The van der Waals surface area contributed by atoms with Gasteiger partial charge < -0.3 is 4.74 Å². The molecular formula is C12H14ClF3O. The van der Waals surface area contributed by atoms with Crippen LogP contribution in [0.5, 0.6) is 5.75 Å². The molecule has 1 aromatic carbocycles. The molecule has 0 aliphatic carbocycles. The number of halogens is 4. The summed E-state index contributed by atoms with van der Waals surface area (Å²) in [5.41, 5.74) is -0.794. The van der Waals surface area contributed by atoms with Crippen molar-refractivity contribution in [3.8, 4) is 5.75 Å². The molecule has 0 heterocycles. The van der Waals surface area contributed by atoms with Gasteiger partial charge in [0.15, 0.2) is 0 Å². The van der Waals surface area contributed by atoms with Gasteiger partial charge >= 0.3 is 6.18 Å². The first kappa shape index (κ1) is 14.2. The third-order valence-electron chi connectivity index (χ3n) is 2.40. The molecule has 0 spiro atoms. The van der Waals surface area contributed by atoms with Crippen LogP contribution in [0.2, 0.25) is 5.02 Å². The molecule has 5 heteroatoms. The number of rotatable bonds is 1. The number of hydrogen-bond acceptors (Lipinski definition) is 1. The highest BCUT2D eigenvalue weighted by Crippen LogP contribution is 2.41. The molecule has 0 atom stereocenters. The van der Waals surface area contributed by atoms with Gasteiger partial charge in [-0.2, -0.15) is 13.2 Å². The Labute approximate surface area is 104 Å². The molecule has 1 aromatic rings. The van der Waals surface area contributed by atoms with E-state index >= 15 is 0 Å². The maximum atomic E-state index is 12.7. The second-order valence-electron chi connectivity index (χ2n) is 4.78. The average molecular weight is 267 g/mol. The molecule has 1 nitrogen and oxygen atoms in total. The predicted octanol–water partition coefficient (Wildman–Crippen LogP) is 4.66. The summed E-state index contributed by atoms with van der Waals surface area (Å²) in [4.78, 5) is 0. The smallest absolute Gasteiger partial charge is 0.417 e. The summed E-state index contributed by atoms with van der Waals surface area (Å²) in [6.07, 6.45) is -4.46. The molecule has 0 fully saturated rings. The third kappa shape index (κ3) is 3.06. The quantitative estimate of drug-likeness (QED) is 0.718. The lowest BCUT2D eigenvalue weighted by Crippen LogP contribution is -2.16. The van der Waals surface area contributed by atoms with E-state index in [1.54, 1.807) is 0 Å². The van der Waals surface area contributed by atoms with E-state index in [1.807, 2.05) is 20.8 Å². The monoisotopic (exact) mass is 266 g/mol. The third-order valence-corrected chi connectivity index (χ3v) is 2.72. The van der Waals surface area contributed by atoms with Crippen LogP contribution in [0, 0.1) is 0 Å². The normalized spacial score (nSPS) is 12.7. The van der Waals surface area contributed by atoms with Gasteiger partial charge in [-0.25, -0.2) is 0 Å². The number of benzene rings is 1. The molecule has 96 valence electrons. The van der Waals surface area contributed by atoms with Gasteiger partial charge in [0, 0.05) is 5.56 Å². The number of ether oxygens (including phenoxy) is 1. The van der Waals surface area contributed by atoms with Crippen molar-refractivity contribution in [2.24, 2.45) is 0 Å². The van der Waals surface area contributed by atoms with Crippen molar-refractivity contribution in [3.05, 3.63) is 28.3 Å². The molecule has 17 heavy (non-hydrogen) atoms. The summed E-state index contributed by atoms with van der Waals surface area (Å²) in [5, 5.41) is -0.345. The number of alkyl halides is 3. The van der Waals surface area contributed by atoms with E-state index < -0.39 is 17.2 Å². The maximum absolute atomic E-state index is 12.7. The van der Waals surface area contributed by atoms with Gasteiger partial charge in [0.25, 0.3) is 0 Å². The Morgan fingerprint density at radius 1 is 1.06 bits per heavy atom. The van der Waals surface area contributed by atoms with E-state index in [0.29, 0.717) is 11.3 Å². The number of methoxy groups -OCH3 is 1. The van der Waals surface area contributed by atoms with E-state index in [4.69, 9.17) is 16.3 Å². The van der Waals surface area contributed by atoms with Crippen LogP contribution >= 0.6 is 11.6 Å². The van der Waals surface area contributed by atoms with Gasteiger partial charge in [-0.1, -0.05) is 32.4 Å². The molecule has 0 radical (unpaired) electrons. The van der Waals surface area contributed by atoms with Gasteiger partial charge in [0.2, 0.25) is 0 Å². The molecule has 1 rings (SSSR count). The van der Waals surface area contributed by atoms with E-state index in [9.17, 15) is 13.2 Å². The Balaban J connectivity index is 3.49. The molecule has 0 aromatic heterocycles. The SMILES string of the molecule is COc1cc(Cl)c(C(F)(F)F)cc1C(C)(C)C. The summed E-state index contributed by atoms with van der Waals surface area (Å²) in [6, 6.07) is 2.27. The molecule has 0 unspecified atom stereocenters. The molecular weight excluding hydrogens is 253 g/mol. The largest absolute Gasteiger partial charge is 0.496 e. The molecule has 0 N–H and O–H groups in total. The summed E-state index contributed by atoms with van der Waals surface area (Å²) in [6.45, 7) is 5.46. The number of hydrogen-bond donors (Lipinski definition) is 0. The maximum Gasteiger partial charge on any atom is 0.417 e. The van der Waals surface area contributed by atoms with Gasteiger partial charge in [0.1, 0.15) is 5.75 Å². The minimum Gasteiger partial charge on any atom is -0.496 e. The van der Waals surface area contributed by atoms with Gasteiger partial charge in [-0.05, 0) is 17.5 Å². The van der Waals surface area contributed by atoms with Crippen LogP contribution in [0.1, 0.15) is 31.9 Å². The summed E-state index contributed by atoms with van der Waals surface area (Å²) in [5.74, 6) is 0.371. The van der Waals surface area contributed by atoms with Crippen LogP contribution in [-0.2, 0) is 11.6 Å². The van der Waals surface area contributed by atoms with Crippen molar-refractivity contribution in [1.29, 1.82) is 0 Å². The average Bonchev–Trinajstić information content (AvgIpc) is 2.13. The van der Waals surface area contributed by atoms with Crippen LogP contribution in [0.15, 0.2) is 12.1 Å².